The molecule has 0 radical (unpaired) electrons. The summed E-state index contributed by atoms with van der Waals surface area (Å²) in [4.78, 5) is 12.0. The first-order valence-electron chi connectivity index (χ1n) is 7.98. The molecule has 4 nitrogen and oxygen atoms in total. The number of hydrogen-bond acceptors (Lipinski definition) is 3. The summed E-state index contributed by atoms with van der Waals surface area (Å²) in [5, 5.41) is 13.0. The van der Waals surface area contributed by atoms with E-state index in [9.17, 15) is 23.1 Å². The second-order valence-corrected chi connectivity index (χ2v) is 6.37. The zero-order valence-corrected chi connectivity index (χ0v) is 13.5. The standard InChI is InChI=1S/C17H22F3NO3/c1-12(21-15(22)10-16(23)8-2-3-9-16)13-4-6-14(7-5-13)24-11-17(18,19)20/h4-7,12,23H,2-3,8-11H2,1H3,(H,21,22). The van der Waals surface area contributed by atoms with Gasteiger partial charge in [0.1, 0.15) is 5.75 Å². The zero-order chi connectivity index (χ0) is 17.8. The summed E-state index contributed by atoms with van der Waals surface area (Å²) in [6.07, 6.45) is -1.16. The minimum Gasteiger partial charge on any atom is -0.484 e. The highest BCUT2D eigenvalue weighted by Gasteiger charge is 2.33. The topological polar surface area (TPSA) is 58.6 Å². The third kappa shape index (κ3) is 5.70. The Hall–Kier alpha value is -1.76. The molecule has 1 amide bonds. The molecule has 2 N–H and O–H groups in total. The fourth-order valence-corrected chi connectivity index (χ4v) is 2.90. The second kappa shape index (κ2) is 7.42. The molecule has 0 aromatic heterocycles. The predicted octanol–water partition coefficient (Wildman–Crippen LogP) is 3.50. The molecule has 0 heterocycles. The Morgan fingerprint density at radius 2 is 1.88 bits per heavy atom. The van der Waals surface area contributed by atoms with Crippen molar-refractivity contribution in [1.29, 1.82) is 0 Å². The lowest BCUT2D eigenvalue weighted by Gasteiger charge is -2.23. The Labute approximate surface area is 139 Å². The molecule has 1 aliphatic carbocycles. The van der Waals surface area contributed by atoms with Gasteiger partial charge >= 0.3 is 6.18 Å². The van der Waals surface area contributed by atoms with Gasteiger partial charge in [0.2, 0.25) is 5.91 Å². The zero-order valence-electron chi connectivity index (χ0n) is 13.5. The van der Waals surface area contributed by atoms with E-state index in [1.807, 2.05) is 0 Å². The van der Waals surface area contributed by atoms with E-state index >= 15 is 0 Å². The summed E-state index contributed by atoms with van der Waals surface area (Å²) in [6, 6.07) is 5.80. The van der Waals surface area contributed by atoms with E-state index in [0.29, 0.717) is 12.8 Å². The van der Waals surface area contributed by atoms with Crippen molar-refractivity contribution in [2.24, 2.45) is 0 Å². The molecule has 134 valence electrons. The summed E-state index contributed by atoms with van der Waals surface area (Å²) in [5.74, 6) is -0.112. The first-order chi connectivity index (χ1) is 11.2. The van der Waals surface area contributed by atoms with E-state index in [1.165, 1.54) is 12.1 Å². The SMILES string of the molecule is CC(NC(=O)CC1(O)CCCC1)c1ccc(OCC(F)(F)F)cc1. The normalized spacial score (nSPS) is 18.2. The highest BCUT2D eigenvalue weighted by molar-refractivity contribution is 5.77. The van der Waals surface area contributed by atoms with E-state index in [-0.39, 0.29) is 24.1 Å². The number of alkyl halides is 3. The van der Waals surface area contributed by atoms with Gasteiger partial charge in [-0.05, 0) is 37.5 Å². The molecule has 24 heavy (non-hydrogen) atoms. The molecule has 1 saturated carbocycles. The van der Waals surface area contributed by atoms with Crippen molar-refractivity contribution in [2.45, 2.75) is 56.8 Å². The third-order valence-electron chi connectivity index (χ3n) is 4.18. The van der Waals surface area contributed by atoms with Gasteiger partial charge < -0.3 is 15.2 Å². The molecule has 1 atom stereocenters. The minimum atomic E-state index is -4.37. The third-order valence-corrected chi connectivity index (χ3v) is 4.18. The van der Waals surface area contributed by atoms with E-state index in [1.54, 1.807) is 19.1 Å². The van der Waals surface area contributed by atoms with E-state index in [4.69, 9.17) is 0 Å². The molecule has 2 rings (SSSR count). The van der Waals surface area contributed by atoms with Gasteiger partial charge in [-0.25, -0.2) is 0 Å². The number of benzene rings is 1. The average molecular weight is 345 g/mol. The summed E-state index contributed by atoms with van der Waals surface area (Å²) >= 11 is 0. The molecule has 1 aromatic rings. The minimum absolute atomic E-state index is 0.0735. The van der Waals surface area contributed by atoms with Crippen LogP contribution in [-0.2, 0) is 4.79 Å². The van der Waals surface area contributed by atoms with Gasteiger partial charge in [0.15, 0.2) is 6.61 Å². The van der Waals surface area contributed by atoms with Crippen LogP contribution in [-0.4, -0.2) is 29.4 Å². The van der Waals surface area contributed by atoms with Crippen LogP contribution in [0.4, 0.5) is 13.2 Å². The molecule has 0 saturated heterocycles. The van der Waals surface area contributed by atoms with Gasteiger partial charge in [0.25, 0.3) is 0 Å². The van der Waals surface area contributed by atoms with Crippen molar-refractivity contribution in [3.63, 3.8) is 0 Å². The smallest absolute Gasteiger partial charge is 0.422 e. The number of halogens is 3. The Morgan fingerprint density at radius 3 is 2.42 bits per heavy atom. The first-order valence-corrected chi connectivity index (χ1v) is 7.98. The van der Waals surface area contributed by atoms with Gasteiger partial charge in [-0.15, -0.1) is 0 Å². The summed E-state index contributed by atoms with van der Waals surface area (Å²) in [7, 11) is 0. The van der Waals surface area contributed by atoms with Gasteiger partial charge in [-0.1, -0.05) is 25.0 Å². The fourth-order valence-electron chi connectivity index (χ4n) is 2.90. The molecular weight excluding hydrogens is 323 g/mol. The Kier molecular flexibility index (Phi) is 5.74. The maximum Gasteiger partial charge on any atom is 0.422 e. The van der Waals surface area contributed by atoms with Gasteiger partial charge in [-0.3, -0.25) is 4.79 Å². The molecule has 1 unspecified atom stereocenters. The number of aliphatic hydroxyl groups is 1. The maximum atomic E-state index is 12.1. The van der Waals surface area contributed by atoms with Crippen molar-refractivity contribution in [2.75, 3.05) is 6.61 Å². The van der Waals surface area contributed by atoms with Gasteiger partial charge in [0, 0.05) is 0 Å². The van der Waals surface area contributed by atoms with E-state index in [2.05, 4.69) is 10.1 Å². The van der Waals surface area contributed by atoms with Crippen LogP contribution in [0.5, 0.6) is 5.75 Å². The lowest BCUT2D eigenvalue weighted by molar-refractivity contribution is -0.153. The number of ether oxygens (including phenoxy) is 1. The average Bonchev–Trinajstić information content (AvgIpc) is 2.90. The quantitative estimate of drug-likeness (QED) is 0.830. The van der Waals surface area contributed by atoms with Gasteiger partial charge in [-0.2, -0.15) is 13.2 Å². The van der Waals surface area contributed by atoms with Crippen LogP contribution in [0.25, 0.3) is 0 Å². The highest BCUT2D eigenvalue weighted by atomic mass is 19.4. The van der Waals surface area contributed by atoms with Crippen LogP contribution in [0.2, 0.25) is 0 Å². The summed E-state index contributed by atoms with van der Waals surface area (Å²) in [5.41, 5.74) is -0.153. The van der Waals surface area contributed by atoms with Crippen molar-refractivity contribution in [3.8, 4) is 5.75 Å². The number of carbonyl (C=O) groups excluding carboxylic acids is 1. The molecule has 0 spiro atoms. The highest BCUT2D eigenvalue weighted by Crippen LogP contribution is 2.32. The predicted molar refractivity (Wildman–Crippen MR) is 82.6 cm³/mol. The van der Waals surface area contributed by atoms with Crippen molar-refractivity contribution < 1.29 is 27.8 Å². The Morgan fingerprint density at radius 1 is 1.29 bits per heavy atom. The number of nitrogens with one attached hydrogen (secondary N) is 1. The molecule has 0 bridgehead atoms. The maximum absolute atomic E-state index is 12.1. The molecule has 1 aliphatic rings. The summed E-state index contributed by atoms with van der Waals surface area (Å²) in [6.45, 7) is 0.444. The Bertz CT molecular complexity index is 551. The van der Waals surface area contributed by atoms with E-state index in [0.717, 1.165) is 18.4 Å². The summed E-state index contributed by atoms with van der Waals surface area (Å²) < 4.78 is 40.9. The van der Waals surface area contributed by atoms with Gasteiger partial charge in [0.05, 0.1) is 18.1 Å². The lowest BCUT2D eigenvalue weighted by Crippen LogP contribution is -2.35. The molecule has 1 fully saturated rings. The van der Waals surface area contributed by atoms with Crippen LogP contribution < -0.4 is 10.1 Å². The number of amides is 1. The lowest BCUT2D eigenvalue weighted by atomic mass is 9.97. The molecule has 1 aromatic carbocycles. The molecule has 0 aliphatic heterocycles. The van der Waals surface area contributed by atoms with Crippen molar-refractivity contribution in [1.82, 2.24) is 5.32 Å². The largest absolute Gasteiger partial charge is 0.484 e. The number of rotatable bonds is 6. The van der Waals surface area contributed by atoms with E-state index < -0.39 is 18.4 Å². The first kappa shape index (κ1) is 18.6. The van der Waals surface area contributed by atoms with Crippen LogP contribution in [0.1, 0.15) is 50.6 Å². The van der Waals surface area contributed by atoms with Crippen molar-refractivity contribution in [3.05, 3.63) is 29.8 Å². The number of carbonyl (C=O) groups is 1. The van der Waals surface area contributed by atoms with Crippen LogP contribution >= 0.6 is 0 Å². The molecule has 7 heteroatoms. The monoisotopic (exact) mass is 345 g/mol. The Balaban J connectivity index is 1.85. The van der Waals surface area contributed by atoms with Crippen LogP contribution in [0.3, 0.4) is 0 Å². The second-order valence-electron chi connectivity index (χ2n) is 6.37. The number of hydrogen-bond donors (Lipinski definition) is 2. The fraction of sp³-hybridized carbons (Fsp3) is 0.588. The van der Waals surface area contributed by atoms with Crippen LogP contribution in [0, 0.1) is 0 Å². The van der Waals surface area contributed by atoms with Crippen LogP contribution in [0.15, 0.2) is 24.3 Å². The molecular formula is C17H22F3NO3. The van der Waals surface area contributed by atoms with Crippen molar-refractivity contribution >= 4 is 5.91 Å².